The van der Waals surface area contributed by atoms with Gasteiger partial charge >= 0.3 is 0 Å². The predicted octanol–water partition coefficient (Wildman–Crippen LogP) is 2.76. The smallest absolute Gasteiger partial charge is 0.265 e. The number of halogens is 2. The van der Waals surface area contributed by atoms with Gasteiger partial charge in [-0.05, 0) is 54.5 Å². The van der Waals surface area contributed by atoms with Gasteiger partial charge in [0.2, 0.25) is 0 Å². The first kappa shape index (κ1) is 23.2. The Hall–Kier alpha value is -2.07. The molecule has 0 aliphatic carbocycles. The maximum absolute atomic E-state index is 12.4. The Kier molecular flexibility index (Phi) is 8.09. The Morgan fingerprint density at radius 1 is 1.17 bits per heavy atom. The van der Waals surface area contributed by atoms with E-state index in [1.165, 1.54) is 32.4 Å². The zero-order valence-corrected chi connectivity index (χ0v) is 18.7. The molecule has 29 heavy (non-hydrogen) atoms. The van der Waals surface area contributed by atoms with Gasteiger partial charge in [-0.2, -0.15) is 0 Å². The van der Waals surface area contributed by atoms with Gasteiger partial charge in [0.15, 0.2) is 5.11 Å². The molecular weight excluding hydrogens is 457 g/mol. The lowest BCUT2D eigenvalue weighted by atomic mass is 10.1. The van der Waals surface area contributed by atoms with Gasteiger partial charge in [-0.3, -0.25) is 9.52 Å². The quantitative estimate of drug-likeness (QED) is 0.532. The van der Waals surface area contributed by atoms with Crippen LogP contribution in [0.5, 0.6) is 5.75 Å². The normalized spacial score (nSPS) is 10.9. The van der Waals surface area contributed by atoms with E-state index in [0.717, 1.165) is 0 Å². The van der Waals surface area contributed by atoms with Crippen molar-refractivity contribution in [1.82, 2.24) is 15.4 Å². The van der Waals surface area contributed by atoms with Crippen LogP contribution in [0.1, 0.15) is 15.9 Å². The highest BCUT2D eigenvalue weighted by Crippen LogP contribution is 2.24. The minimum Gasteiger partial charge on any atom is -0.496 e. The molecule has 0 bridgehead atoms. The van der Waals surface area contributed by atoms with E-state index in [2.05, 4.69) is 15.4 Å². The summed E-state index contributed by atoms with van der Waals surface area (Å²) in [6, 6.07) is 9.35. The lowest BCUT2D eigenvalue weighted by Gasteiger charge is -2.12. The van der Waals surface area contributed by atoms with Crippen molar-refractivity contribution in [2.75, 3.05) is 20.7 Å². The number of carbonyl (C=O) groups excluding carboxylic acids is 1. The number of hydrogen-bond donors (Lipinski definition) is 3. The summed E-state index contributed by atoms with van der Waals surface area (Å²) in [7, 11) is -0.965. The largest absolute Gasteiger partial charge is 0.496 e. The molecule has 0 unspecified atom stereocenters. The molecule has 0 fully saturated rings. The van der Waals surface area contributed by atoms with Crippen molar-refractivity contribution in [3.05, 3.63) is 57.6 Å². The van der Waals surface area contributed by atoms with Gasteiger partial charge in [0, 0.05) is 18.6 Å². The second-order valence-electron chi connectivity index (χ2n) is 5.80. The van der Waals surface area contributed by atoms with Crippen molar-refractivity contribution < 1.29 is 17.9 Å². The third kappa shape index (κ3) is 6.20. The van der Waals surface area contributed by atoms with Crippen LogP contribution in [-0.2, 0) is 16.4 Å². The van der Waals surface area contributed by atoms with E-state index in [1.807, 2.05) is 0 Å². The van der Waals surface area contributed by atoms with Crippen LogP contribution in [-0.4, -0.2) is 40.1 Å². The molecule has 2 aromatic carbocycles. The van der Waals surface area contributed by atoms with Crippen LogP contribution < -0.4 is 20.1 Å². The van der Waals surface area contributed by atoms with Crippen molar-refractivity contribution in [2.45, 2.75) is 11.3 Å². The van der Waals surface area contributed by atoms with E-state index in [9.17, 15) is 13.2 Å². The molecule has 2 rings (SSSR count). The molecule has 1 amide bonds. The lowest BCUT2D eigenvalue weighted by molar-refractivity contribution is 0.0951. The molecule has 0 aliphatic heterocycles. The number of rotatable bonds is 7. The number of hydrogen-bond acceptors (Lipinski definition) is 5. The van der Waals surface area contributed by atoms with E-state index in [1.54, 1.807) is 18.2 Å². The first-order valence-corrected chi connectivity index (χ1v) is 11.0. The standard InChI is InChI=1S/C18H19Cl2N3O4S2/c1-21-18(28)23-29(25,26)16-9-11(3-5-14(16)20)7-8-22-17(24)13-10-12(19)4-6-15(13)27-2/h3-6,9-10H,7-8H2,1-2H3,(H,22,24)(H2,21,23,28). The fourth-order valence-corrected chi connectivity index (χ4v) is 4.42. The molecule has 7 nitrogen and oxygen atoms in total. The summed E-state index contributed by atoms with van der Waals surface area (Å²) in [5.74, 6) is 0.0468. The molecule has 156 valence electrons. The van der Waals surface area contributed by atoms with Crippen molar-refractivity contribution in [2.24, 2.45) is 0 Å². The van der Waals surface area contributed by atoms with Crippen LogP contribution in [0.4, 0.5) is 0 Å². The Labute approximate surface area is 184 Å². The Bertz CT molecular complexity index is 1030. The average Bonchev–Trinajstić information content (AvgIpc) is 2.68. The van der Waals surface area contributed by atoms with Crippen molar-refractivity contribution >= 4 is 56.5 Å². The first-order valence-electron chi connectivity index (χ1n) is 8.32. The molecule has 0 aliphatic rings. The van der Waals surface area contributed by atoms with Crippen molar-refractivity contribution in [3.8, 4) is 5.75 Å². The van der Waals surface area contributed by atoms with Crippen molar-refractivity contribution in [1.29, 1.82) is 0 Å². The Morgan fingerprint density at radius 3 is 2.55 bits per heavy atom. The van der Waals surface area contributed by atoms with Gasteiger partial charge in [0.25, 0.3) is 15.9 Å². The number of carbonyl (C=O) groups is 1. The second-order valence-corrected chi connectivity index (χ2v) is 8.70. The van der Waals surface area contributed by atoms with E-state index in [4.69, 9.17) is 40.2 Å². The summed E-state index contributed by atoms with van der Waals surface area (Å²) in [6.45, 7) is 0.262. The number of thiocarbonyl (C=S) groups is 1. The minimum absolute atomic E-state index is 0.0470. The fourth-order valence-electron chi connectivity index (χ4n) is 2.41. The summed E-state index contributed by atoms with van der Waals surface area (Å²) in [4.78, 5) is 12.3. The molecular formula is C18H19Cl2N3O4S2. The van der Waals surface area contributed by atoms with Gasteiger partial charge < -0.3 is 15.4 Å². The zero-order chi connectivity index (χ0) is 21.6. The highest BCUT2D eigenvalue weighted by Gasteiger charge is 2.19. The number of benzene rings is 2. The monoisotopic (exact) mass is 475 g/mol. The number of sulfonamides is 1. The second kappa shape index (κ2) is 10.1. The molecule has 0 atom stereocenters. The van der Waals surface area contributed by atoms with Gasteiger partial charge in [-0.25, -0.2) is 8.42 Å². The molecule has 3 N–H and O–H groups in total. The summed E-state index contributed by atoms with van der Waals surface area (Å²) < 4.78 is 32.2. The molecule has 0 spiro atoms. The van der Waals surface area contributed by atoms with Gasteiger partial charge in [0.05, 0.1) is 17.7 Å². The molecule has 2 aromatic rings. The summed E-state index contributed by atoms with van der Waals surface area (Å²) in [5.41, 5.74) is 0.979. The van der Waals surface area contributed by atoms with Crippen LogP contribution in [0.15, 0.2) is 41.3 Å². The van der Waals surface area contributed by atoms with E-state index in [-0.39, 0.29) is 27.5 Å². The Morgan fingerprint density at radius 2 is 1.90 bits per heavy atom. The SMILES string of the molecule is CNC(=S)NS(=O)(=O)c1cc(CCNC(=O)c2cc(Cl)ccc2OC)ccc1Cl. The topological polar surface area (TPSA) is 96.5 Å². The van der Waals surface area contributed by atoms with Crippen LogP contribution >= 0.6 is 35.4 Å². The highest BCUT2D eigenvalue weighted by molar-refractivity contribution is 7.92. The summed E-state index contributed by atoms with van der Waals surface area (Å²) >= 11 is 16.8. The van der Waals surface area contributed by atoms with E-state index < -0.39 is 10.0 Å². The van der Waals surface area contributed by atoms with Gasteiger partial charge in [-0.1, -0.05) is 29.3 Å². The van der Waals surface area contributed by atoms with Gasteiger partial charge in [0.1, 0.15) is 10.6 Å². The zero-order valence-electron chi connectivity index (χ0n) is 15.6. The predicted molar refractivity (Wildman–Crippen MR) is 117 cm³/mol. The summed E-state index contributed by atoms with van der Waals surface area (Å²) in [6.07, 6.45) is 0.380. The number of ether oxygens (including phenoxy) is 1. The van der Waals surface area contributed by atoms with Crippen molar-refractivity contribution in [3.63, 3.8) is 0 Å². The third-order valence-electron chi connectivity index (χ3n) is 3.84. The van der Waals surface area contributed by atoms with Crippen LogP contribution in [0, 0.1) is 0 Å². The molecule has 0 radical (unpaired) electrons. The van der Waals surface area contributed by atoms with Crippen LogP contribution in [0.25, 0.3) is 0 Å². The van der Waals surface area contributed by atoms with Crippen LogP contribution in [0.3, 0.4) is 0 Å². The lowest BCUT2D eigenvalue weighted by Crippen LogP contribution is -2.37. The first-order chi connectivity index (χ1) is 13.7. The third-order valence-corrected chi connectivity index (χ3v) is 6.35. The number of nitrogens with one attached hydrogen (secondary N) is 3. The maximum Gasteiger partial charge on any atom is 0.265 e. The number of methoxy groups -OCH3 is 1. The average molecular weight is 476 g/mol. The minimum atomic E-state index is -3.93. The molecule has 0 aromatic heterocycles. The molecule has 0 saturated heterocycles. The van der Waals surface area contributed by atoms with Gasteiger partial charge in [-0.15, -0.1) is 0 Å². The highest BCUT2D eigenvalue weighted by atomic mass is 35.5. The van der Waals surface area contributed by atoms with E-state index in [0.29, 0.717) is 28.3 Å². The number of amides is 1. The fraction of sp³-hybridized carbons (Fsp3) is 0.222. The van der Waals surface area contributed by atoms with E-state index >= 15 is 0 Å². The van der Waals surface area contributed by atoms with Crippen LogP contribution in [0.2, 0.25) is 10.0 Å². The molecule has 0 heterocycles. The maximum atomic E-state index is 12.4. The molecule has 0 saturated carbocycles. The Balaban J connectivity index is 2.09. The molecule has 11 heteroatoms. The summed E-state index contributed by atoms with van der Waals surface area (Å²) in [5, 5.41) is 5.72.